The van der Waals surface area contributed by atoms with Crippen LogP contribution in [0.4, 0.5) is 5.69 Å². The Hall–Kier alpha value is -2.11. The lowest BCUT2D eigenvalue weighted by atomic mass is 10.2. The van der Waals surface area contributed by atoms with Crippen LogP contribution in [0.3, 0.4) is 0 Å². The van der Waals surface area contributed by atoms with Gasteiger partial charge in [-0.3, -0.25) is 4.79 Å². The van der Waals surface area contributed by atoms with Crippen LogP contribution in [0.1, 0.15) is 10.4 Å². The van der Waals surface area contributed by atoms with Gasteiger partial charge in [-0.15, -0.1) is 11.3 Å². The van der Waals surface area contributed by atoms with Gasteiger partial charge in [0, 0.05) is 21.7 Å². The van der Waals surface area contributed by atoms with Gasteiger partial charge in [-0.05, 0) is 42.1 Å². The second-order valence-corrected chi connectivity index (χ2v) is 5.80. The summed E-state index contributed by atoms with van der Waals surface area (Å²) in [5.74, 6) is -0.977. The van der Waals surface area contributed by atoms with Gasteiger partial charge in [-0.2, -0.15) is 0 Å². The Bertz CT molecular complexity index is 695. The Balaban J connectivity index is 1.82. The first-order valence-electron chi connectivity index (χ1n) is 6.49. The van der Waals surface area contributed by atoms with Gasteiger partial charge in [0.1, 0.15) is 0 Å². The molecule has 22 heavy (non-hydrogen) atoms. The Kier molecular flexibility index (Phi) is 5.75. The second-order valence-electron chi connectivity index (χ2n) is 4.42. The lowest BCUT2D eigenvalue weighted by Crippen LogP contribution is -2.20. The summed E-state index contributed by atoms with van der Waals surface area (Å²) in [5.41, 5.74) is 1.36. The van der Waals surface area contributed by atoms with E-state index in [1.54, 1.807) is 31.2 Å². The molecule has 1 aromatic heterocycles. The van der Waals surface area contributed by atoms with Crippen LogP contribution in [0.2, 0.25) is 5.02 Å². The summed E-state index contributed by atoms with van der Waals surface area (Å²) >= 11 is 7.48. The van der Waals surface area contributed by atoms with E-state index < -0.39 is 11.9 Å². The number of nitrogens with one attached hydrogen (secondary N) is 1. The summed E-state index contributed by atoms with van der Waals surface area (Å²) in [6.07, 6.45) is 2.94. The minimum Gasteiger partial charge on any atom is -0.452 e. The minimum atomic E-state index is -0.564. The van der Waals surface area contributed by atoms with Gasteiger partial charge in [0.05, 0.1) is 0 Å². The highest BCUT2D eigenvalue weighted by Gasteiger charge is 2.08. The first-order chi connectivity index (χ1) is 10.6. The highest BCUT2D eigenvalue weighted by Crippen LogP contribution is 2.22. The molecular weight excluding hydrogens is 322 g/mol. The quantitative estimate of drug-likeness (QED) is 0.666. The lowest BCUT2D eigenvalue weighted by Gasteiger charge is -2.09. The zero-order chi connectivity index (χ0) is 15.9. The summed E-state index contributed by atoms with van der Waals surface area (Å²) < 4.78 is 4.88. The number of amides is 1. The highest BCUT2D eigenvalue weighted by atomic mass is 35.5. The number of hydrogen-bond acceptors (Lipinski definition) is 4. The highest BCUT2D eigenvalue weighted by molar-refractivity contribution is 7.10. The van der Waals surface area contributed by atoms with E-state index in [9.17, 15) is 9.59 Å². The number of rotatable bonds is 5. The van der Waals surface area contributed by atoms with Crippen molar-refractivity contribution in [3.63, 3.8) is 0 Å². The van der Waals surface area contributed by atoms with Gasteiger partial charge in [0.15, 0.2) is 6.61 Å². The first kappa shape index (κ1) is 16.3. The lowest BCUT2D eigenvalue weighted by molar-refractivity contribution is -0.142. The molecule has 0 aliphatic heterocycles. The van der Waals surface area contributed by atoms with E-state index in [2.05, 4.69) is 5.32 Å². The van der Waals surface area contributed by atoms with Gasteiger partial charge >= 0.3 is 5.97 Å². The van der Waals surface area contributed by atoms with Crippen molar-refractivity contribution in [2.75, 3.05) is 11.9 Å². The standard InChI is InChI=1S/C16H14ClNO3S/c1-11-13(17)5-2-6-14(11)18-15(19)10-21-16(20)8-7-12-4-3-9-22-12/h2-9H,10H2,1H3,(H,18,19)/b8-7+. The maximum absolute atomic E-state index is 11.8. The number of esters is 1. The number of carbonyl (C=O) groups excluding carboxylic acids is 2. The Morgan fingerprint density at radius 1 is 1.32 bits per heavy atom. The average Bonchev–Trinajstić information content (AvgIpc) is 3.01. The van der Waals surface area contributed by atoms with Gasteiger partial charge in [-0.1, -0.05) is 23.7 Å². The Labute approximate surface area is 137 Å². The number of benzene rings is 1. The van der Waals surface area contributed by atoms with Crippen molar-refractivity contribution in [3.05, 3.63) is 57.3 Å². The molecular formula is C16H14ClNO3S. The molecule has 2 rings (SSSR count). The van der Waals surface area contributed by atoms with Crippen molar-refractivity contribution in [1.82, 2.24) is 0 Å². The second kappa shape index (κ2) is 7.77. The fourth-order valence-corrected chi connectivity index (χ4v) is 2.44. The summed E-state index contributed by atoms with van der Waals surface area (Å²) in [7, 11) is 0. The molecule has 0 aliphatic carbocycles. The number of anilines is 1. The summed E-state index contributed by atoms with van der Waals surface area (Å²) in [5, 5.41) is 5.13. The molecule has 1 heterocycles. The number of thiophene rings is 1. The van der Waals surface area contributed by atoms with Gasteiger partial charge in [-0.25, -0.2) is 4.79 Å². The molecule has 0 atom stereocenters. The van der Waals surface area contributed by atoms with Crippen molar-refractivity contribution in [3.8, 4) is 0 Å². The molecule has 0 spiro atoms. The summed E-state index contributed by atoms with van der Waals surface area (Å²) in [6, 6.07) is 8.97. The van der Waals surface area contributed by atoms with E-state index >= 15 is 0 Å². The first-order valence-corrected chi connectivity index (χ1v) is 7.75. The third-order valence-corrected chi connectivity index (χ3v) is 4.06. The molecule has 1 amide bonds. The Morgan fingerprint density at radius 2 is 2.14 bits per heavy atom. The topological polar surface area (TPSA) is 55.4 Å². The predicted molar refractivity (Wildman–Crippen MR) is 89.1 cm³/mol. The molecule has 6 heteroatoms. The number of carbonyl (C=O) groups is 2. The van der Waals surface area contributed by atoms with Crippen LogP contribution in [0.15, 0.2) is 41.8 Å². The van der Waals surface area contributed by atoms with Crippen molar-refractivity contribution in [1.29, 1.82) is 0 Å². The normalized spacial score (nSPS) is 10.6. The molecule has 0 fully saturated rings. The van der Waals surface area contributed by atoms with Crippen molar-refractivity contribution in [2.45, 2.75) is 6.92 Å². The fraction of sp³-hybridized carbons (Fsp3) is 0.125. The summed E-state index contributed by atoms with van der Waals surface area (Å²) in [4.78, 5) is 24.2. The van der Waals surface area contributed by atoms with Gasteiger partial charge in [0.25, 0.3) is 5.91 Å². The third kappa shape index (κ3) is 4.72. The molecule has 1 N–H and O–H groups in total. The van der Waals surface area contributed by atoms with E-state index in [0.717, 1.165) is 10.4 Å². The monoisotopic (exact) mass is 335 g/mol. The molecule has 4 nitrogen and oxygen atoms in total. The molecule has 0 saturated carbocycles. The van der Waals surface area contributed by atoms with Crippen molar-refractivity contribution >= 4 is 46.6 Å². The zero-order valence-corrected chi connectivity index (χ0v) is 13.4. The van der Waals surface area contributed by atoms with Crippen LogP contribution in [-0.4, -0.2) is 18.5 Å². The van der Waals surface area contributed by atoms with E-state index in [4.69, 9.17) is 16.3 Å². The van der Waals surface area contributed by atoms with Crippen molar-refractivity contribution < 1.29 is 14.3 Å². The SMILES string of the molecule is Cc1c(Cl)cccc1NC(=O)COC(=O)/C=C/c1cccs1. The number of halogens is 1. The zero-order valence-electron chi connectivity index (χ0n) is 11.8. The summed E-state index contributed by atoms with van der Waals surface area (Å²) in [6.45, 7) is 1.45. The van der Waals surface area contributed by atoms with Gasteiger partial charge < -0.3 is 10.1 Å². The molecule has 0 bridgehead atoms. The maximum atomic E-state index is 11.8. The molecule has 1 aromatic carbocycles. The van der Waals surface area contributed by atoms with Crippen LogP contribution in [0.5, 0.6) is 0 Å². The molecule has 0 saturated heterocycles. The number of ether oxygens (including phenoxy) is 1. The average molecular weight is 336 g/mol. The predicted octanol–water partition coefficient (Wildman–Crippen LogP) is 3.91. The Morgan fingerprint density at radius 3 is 2.86 bits per heavy atom. The smallest absolute Gasteiger partial charge is 0.331 e. The third-order valence-electron chi connectivity index (χ3n) is 2.81. The largest absolute Gasteiger partial charge is 0.452 e. The van der Waals surface area contributed by atoms with Crippen LogP contribution >= 0.6 is 22.9 Å². The van der Waals surface area contributed by atoms with Gasteiger partial charge in [0.2, 0.25) is 0 Å². The van der Waals surface area contributed by atoms with Crippen molar-refractivity contribution in [2.24, 2.45) is 0 Å². The molecule has 0 unspecified atom stereocenters. The van der Waals surface area contributed by atoms with Crippen LogP contribution in [0, 0.1) is 6.92 Å². The molecule has 2 aromatic rings. The van der Waals surface area contributed by atoms with Crippen LogP contribution < -0.4 is 5.32 Å². The van der Waals surface area contributed by atoms with E-state index in [-0.39, 0.29) is 6.61 Å². The van der Waals surface area contributed by atoms with E-state index in [1.807, 2.05) is 17.5 Å². The fourth-order valence-electron chi connectivity index (χ4n) is 1.65. The van der Waals surface area contributed by atoms with Crippen LogP contribution in [-0.2, 0) is 14.3 Å². The molecule has 0 aliphatic rings. The maximum Gasteiger partial charge on any atom is 0.331 e. The minimum absolute atomic E-state index is 0.348. The number of hydrogen-bond donors (Lipinski definition) is 1. The van der Waals surface area contributed by atoms with E-state index in [1.165, 1.54) is 17.4 Å². The molecule has 0 radical (unpaired) electrons. The molecule has 114 valence electrons. The van der Waals surface area contributed by atoms with Crippen LogP contribution in [0.25, 0.3) is 6.08 Å². The van der Waals surface area contributed by atoms with E-state index in [0.29, 0.717) is 10.7 Å².